The number of hydrogen-bond donors (Lipinski definition) is 1. The monoisotopic (exact) mass is 96.0 g/mol. The summed E-state index contributed by atoms with van der Waals surface area (Å²) in [5.41, 5.74) is 0. The standard InChI is InChI=1S/H5O2PSi/c1-3(2)4/h3H,4H3,(H,1,2). The third kappa shape index (κ3) is 28.8. The quantitative estimate of drug-likeness (QED) is 0.302. The Hall–Kier alpha value is 0.407. The molecule has 26 valence electrons. The van der Waals surface area contributed by atoms with E-state index >= 15 is 0 Å². The van der Waals surface area contributed by atoms with Gasteiger partial charge < -0.3 is 9.46 Å². The molecule has 4 heteroatoms. The Morgan fingerprint density at radius 1 is 2.00 bits per heavy atom. The Morgan fingerprint density at radius 2 is 2.00 bits per heavy atom. The highest BCUT2D eigenvalue weighted by Gasteiger charge is 1.60. The van der Waals surface area contributed by atoms with Gasteiger partial charge in [0.2, 0.25) is 0 Å². The zero-order valence-corrected chi connectivity index (χ0v) is 5.36. The average Bonchev–Trinajstić information content (AvgIpc) is 0.811. The summed E-state index contributed by atoms with van der Waals surface area (Å²) in [6.07, 6.45) is 0. The first-order valence-electron chi connectivity index (χ1n) is 0.928. The van der Waals surface area contributed by atoms with E-state index in [0.717, 1.165) is 0 Å². The molecule has 0 rings (SSSR count). The van der Waals surface area contributed by atoms with E-state index in [9.17, 15) is 4.57 Å². The second-order valence-electron chi connectivity index (χ2n) is 0.519. The summed E-state index contributed by atoms with van der Waals surface area (Å²) >= 11 is 0. The maximum Gasteiger partial charge on any atom is 0.154 e. The van der Waals surface area contributed by atoms with Crippen molar-refractivity contribution >= 4 is 17.5 Å². The van der Waals surface area contributed by atoms with Crippen molar-refractivity contribution in [3.8, 4) is 0 Å². The van der Waals surface area contributed by atoms with Gasteiger partial charge in [0, 0.05) is 0 Å². The minimum atomic E-state index is -1.99. The van der Waals surface area contributed by atoms with Crippen LogP contribution in [0.3, 0.4) is 0 Å². The van der Waals surface area contributed by atoms with E-state index < -0.39 is 7.58 Å². The van der Waals surface area contributed by atoms with Gasteiger partial charge in [0.25, 0.3) is 0 Å². The SMILES string of the molecule is O=[PH](O)[SiH3]. The maximum atomic E-state index is 9.25. The summed E-state index contributed by atoms with van der Waals surface area (Å²) in [4.78, 5) is 7.66. The molecule has 0 saturated carbocycles. The van der Waals surface area contributed by atoms with Crippen molar-refractivity contribution < 1.29 is 9.46 Å². The van der Waals surface area contributed by atoms with Crippen molar-refractivity contribution in [1.82, 2.24) is 0 Å². The lowest BCUT2D eigenvalue weighted by atomic mass is 15.9. The molecule has 0 aliphatic heterocycles. The predicted octanol–water partition coefficient (Wildman–Crippen LogP) is -1.27. The first kappa shape index (κ1) is 4.41. The zero-order valence-electron chi connectivity index (χ0n) is 2.36. The number of rotatable bonds is 0. The second-order valence-corrected chi connectivity index (χ2v) is 4.12. The van der Waals surface area contributed by atoms with Crippen molar-refractivity contribution in [3.05, 3.63) is 0 Å². The third-order valence-electron chi connectivity index (χ3n) is 0. The topological polar surface area (TPSA) is 37.3 Å². The van der Waals surface area contributed by atoms with Crippen molar-refractivity contribution in [3.63, 3.8) is 0 Å². The van der Waals surface area contributed by atoms with E-state index in [2.05, 4.69) is 0 Å². The smallest absolute Gasteiger partial charge is 0.154 e. The molecule has 0 saturated heterocycles. The van der Waals surface area contributed by atoms with Gasteiger partial charge in [0.1, 0.15) is 9.91 Å². The van der Waals surface area contributed by atoms with Crippen LogP contribution in [0.4, 0.5) is 0 Å². The van der Waals surface area contributed by atoms with Crippen LogP contribution in [0.5, 0.6) is 0 Å². The summed E-state index contributed by atoms with van der Waals surface area (Å²) in [6, 6.07) is 0. The van der Waals surface area contributed by atoms with Crippen molar-refractivity contribution in [1.29, 1.82) is 0 Å². The van der Waals surface area contributed by atoms with Gasteiger partial charge in [-0.15, -0.1) is 0 Å². The zero-order chi connectivity index (χ0) is 3.58. The van der Waals surface area contributed by atoms with Crippen LogP contribution in [0.25, 0.3) is 0 Å². The molecule has 1 unspecified atom stereocenters. The molecule has 0 amide bonds. The molecule has 0 aromatic heterocycles. The first-order valence-corrected chi connectivity index (χ1v) is 5.78. The molecule has 4 heavy (non-hydrogen) atoms. The van der Waals surface area contributed by atoms with Gasteiger partial charge in [-0.3, -0.25) is 0 Å². The molecular weight excluding hydrogens is 91.1 g/mol. The first-order chi connectivity index (χ1) is 1.73. The Kier molecular flexibility index (Phi) is 1.87. The van der Waals surface area contributed by atoms with Crippen LogP contribution >= 0.6 is 7.58 Å². The molecule has 0 spiro atoms. The fraction of sp³-hybridized carbons (Fsp3) is 0. The molecule has 0 heterocycles. The fourth-order valence-corrected chi connectivity index (χ4v) is 0. The van der Waals surface area contributed by atoms with E-state index in [1.54, 1.807) is 0 Å². The maximum absolute atomic E-state index is 9.25. The van der Waals surface area contributed by atoms with Crippen LogP contribution < -0.4 is 0 Å². The molecule has 0 radical (unpaired) electrons. The van der Waals surface area contributed by atoms with Gasteiger partial charge in [-0.25, -0.2) is 0 Å². The lowest BCUT2D eigenvalue weighted by Crippen LogP contribution is -1.40. The Balaban J connectivity index is 2.80. The van der Waals surface area contributed by atoms with E-state index in [-0.39, 0.29) is 0 Å². The summed E-state index contributed by atoms with van der Waals surface area (Å²) in [7, 11) is -1.54. The molecule has 0 bridgehead atoms. The van der Waals surface area contributed by atoms with E-state index in [0.29, 0.717) is 9.91 Å². The lowest BCUT2D eigenvalue weighted by molar-refractivity contribution is 0.518. The Morgan fingerprint density at radius 3 is 2.00 bits per heavy atom. The molecule has 0 aromatic carbocycles. The van der Waals surface area contributed by atoms with E-state index in [1.807, 2.05) is 0 Å². The Bertz CT molecular complexity index is 29.0. The Labute approximate surface area is 28.0 Å². The van der Waals surface area contributed by atoms with Crippen LogP contribution in [0.15, 0.2) is 0 Å². The molecule has 0 aliphatic rings. The molecule has 0 aromatic rings. The van der Waals surface area contributed by atoms with Gasteiger partial charge in [-0.05, 0) is 0 Å². The molecule has 2 nitrogen and oxygen atoms in total. The predicted molar refractivity (Wildman–Crippen MR) is 21.2 cm³/mol. The van der Waals surface area contributed by atoms with Crippen LogP contribution in [0.1, 0.15) is 0 Å². The van der Waals surface area contributed by atoms with Crippen molar-refractivity contribution in [2.24, 2.45) is 0 Å². The van der Waals surface area contributed by atoms with E-state index in [1.165, 1.54) is 0 Å². The summed E-state index contributed by atoms with van der Waals surface area (Å²) in [5.74, 6) is 0. The highest BCUT2D eigenvalue weighted by Crippen LogP contribution is 1.97. The van der Waals surface area contributed by atoms with Gasteiger partial charge in [-0.2, -0.15) is 0 Å². The van der Waals surface area contributed by atoms with E-state index in [4.69, 9.17) is 4.89 Å². The van der Waals surface area contributed by atoms with Crippen LogP contribution in [-0.2, 0) is 4.57 Å². The van der Waals surface area contributed by atoms with Crippen LogP contribution in [0.2, 0.25) is 0 Å². The summed E-state index contributed by atoms with van der Waals surface area (Å²) in [5, 5.41) is 0. The number of hydrogen-bond acceptors (Lipinski definition) is 1. The fourth-order valence-electron chi connectivity index (χ4n) is 0. The summed E-state index contributed by atoms with van der Waals surface area (Å²) < 4.78 is 9.25. The third-order valence-corrected chi connectivity index (χ3v) is 0. The van der Waals surface area contributed by atoms with Crippen LogP contribution in [-0.4, -0.2) is 14.8 Å². The summed E-state index contributed by atoms with van der Waals surface area (Å²) in [6.45, 7) is 0. The van der Waals surface area contributed by atoms with Gasteiger partial charge >= 0.3 is 0 Å². The highest BCUT2D eigenvalue weighted by molar-refractivity contribution is 7.66. The van der Waals surface area contributed by atoms with Crippen LogP contribution in [0, 0.1) is 0 Å². The van der Waals surface area contributed by atoms with Gasteiger partial charge in [0.05, 0.1) is 0 Å². The minimum Gasteiger partial charge on any atom is -0.351 e. The second kappa shape index (κ2) is 1.70. The molecule has 0 aliphatic carbocycles. The van der Waals surface area contributed by atoms with Gasteiger partial charge in [0.15, 0.2) is 7.58 Å². The largest absolute Gasteiger partial charge is 0.351 e. The average molecular weight is 96.1 g/mol. The van der Waals surface area contributed by atoms with Crippen molar-refractivity contribution in [2.75, 3.05) is 0 Å². The molecule has 1 N–H and O–H groups in total. The van der Waals surface area contributed by atoms with Crippen molar-refractivity contribution in [2.45, 2.75) is 0 Å². The molecular formula is H5O2PSi. The van der Waals surface area contributed by atoms with Gasteiger partial charge in [-0.1, -0.05) is 0 Å². The normalized spacial score (nSPS) is 16.2. The molecule has 1 atom stereocenters. The minimum absolute atomic E-state index is 0.451. The molecule has 0 fully saturated rings. The lowest BCUT2D eigenvalue weighted by Gasteiger charge is -1.61. The highest BCUT2D eigenvalue weighted by atomic mass is 31.4.